The summed E-state index contributed by atoms with van der Waals surface area (Å²) >= 11 is 2.22. The van der Waals surface area contributed by atoms with Crippen LogP contribution in [0.1, 0.15) is 57.8 Å². The van der Waals surface area contributed by atoms with Crippen molar-refractivity contribution in [2.75, 3.05) is 10.8 Å². The van der Waals surface area contributed by atoms with Crippen LogP contribution in [0.15, 0.2) is 0 Å². The zero-order chi connectivity index (χ0) is 10.8. The van der Waals surface area contributed by atoms with Gasteiger partial charge in [-0.25, -0.2) is 0 Å². The van der Waals surface area contributed by atoms with Gasteiger partial charge in [-0.05, 0) is 36.4 Å². The third kappa shape index (κ3) is 2.36. The molecular formula is C13H25NSSi. The highest BCUT2D eigenvalue weighted by Gasteiger charge is 2.38. The molecule has 3 aliphatic rings. The van der Waals surface area contributed by atoms with Crippen molar-refractivity contribution in [2.24, 2.45) is 0 Å². The predicted molar refractivity (Wildman–Crippen MR) is 75.4 cm³/mol. The Hall–Kier alpha value is 0.527. The lowest BCUT2D eigenvalue weighted by molar-refractivity contribution is 0.199. The standard InChI is InChI=1S/C13H25NSSi/c1-2-6-12(7-3-1)14(16-10-15-11-16)13-8-4-5-9-13/h12-13,16H,1-11H2. The Morgan fingerprint density at radius 3 is 1.69 bits per heavy atom. The van der Waals surface area contributed by atoms with Gasteiger partial charge >= 0.3 is 0 Å². The van der Waals surface area contributed by atoms with E-state index in [1.165, 1.54) is 57.8 Å². The van der Waals surface area contributed by atoms with Crippen molar-refractivity contribution in [3.05, 3.63) is 0 Å². The first-order valence-corrected chi connectivity index (χ1v) is 10.6. The Morgan fingerprint density at radius 1 is 0.750 bits per heavy atom. The highest BCUT2D eigenvalue weighted by Crippen LogP contribution is 2.35. The summed E-state index contributed by atoms with van der Waals surface area (Å²) in [5.74, 6) is 0. The van der Waals surface area contributed by atoms with E-state index < -0.39 is 8.96 Å². The summed E-state index contributed by atoms with van der Waals surface area (Å²) < 4.78 is 3.13. The molecule has 16 heavy (non-hydrogen) atoms. The molecular weight excluding hydrogens is 230 g/mol. The van der Waals surface area contributed by atoms with Crippen LogP contribution in [0.5, 0.6) is 0 Å². The minimum Gasteiger partial charge on any atom is -0.319 e. The molecule has 0 amide bonds. The van der Waals surface area contributed by atoms with Gasteiger partial charge < -0.3 is 4.57 Å². The van der Waals surface area contributed by atoms with Gasteiger partial charge in [0.25, 0.3) is 0 Å². The van der Waals surface area contributed by atoms with Gasteiger partial charge in [0, 0.05) is 12.1 Å². The van der Waals surface area contributed by atoms with Gasteiger partial charge in [-0.2, -0.15) is 11.8 Å². The fraction of sp³-hybridized carbons (Fsp3) is 1.00. The Kier molecular flexibility index (Phi) is 3.95. The van der Waals surface area contributed by atoms with Crippen molar-refractivity contribution in [3.8, 4) is 0 Å². The molecule has 2 aliphatic carbocycles. The van der Waals surface area contributed by atoms with Gasteiger partial charge in [-0.3, -0.25) is 0 Å². The Bertz CT molecular complexity index is 220. The topological polar surface area (TPSA) is 3.24 Å². The van der Waals surface area contributed by atoms with Crippen LogP contribution in [-0.4, -0.2) is 36.4 Å². The zero-order valence-electron chi connectivity index (χ0n) is 10.4. The Morgan fingerprint density at radius 2 is 1.25 bits per heavy atom. The van der Waals surface area contributed by atoms with Crippen molar-refractivity contribution < 1.29 is 0 Å². The van der Waals surface area contributed by atoms with E-state index >= 15 is 0 Å². The quantitative estimate of drug-likeness (QED) is 0.713. The van der Waals surface area contributed by atoms with E-state index in [9.17, 15) is 0 Å². The average Bonchev–Trinajstić information content (AvgIpc) is 2.77. The van der Waals surface area contributed by atoms with Crippen LogP contribution in [-0.2, 0) is 0 Å². The lowest BCUT2D eigenvalue weighted by Crippen LogP contribution is -2.58. The molecule has 0 spiro atoms. The van der Waals surface area contributed by atoms with E-state index in [1.807, 2.05) is 0 Å². The fourth-order valence-corrected chi connectivity index (χ4v) is 8.82. The molecule has 0 N–H and O–H groups in total. The van der Waals surface area contributed by atoms with Crippen LogP contribution < -0.4 is 0 Å². The zero-order valence-corrected chi connectivity index (χ0v) is 12.3. The molecule has 1 nitrogen and oxygen atoms in total. The molecule has 2 saturated carbocycles. The molecule has 92 valence electrons. The maximum absolute atomic E-state index is 3.13. The van der Waals surface area contributed by atoms with Crippen molar-refractivity contribution in [1.29, 1.82) is 0 Å². The number of thioether (sulfide) groups is 1. The van der Waals surface area contributed by atoms with E-state index in [0.717, 1.165) is 12.1 Å². The summed E-state index contributed by atoms with van der Waals surface area (Å²) in [6.07, 6.45) is 13.7. The molecule has 0 aromatic carbocycles. The largest absolute Gasteiger partial charge is 0.319 e. The minimum absolute atomic E-state index is 0.446. The first kappa shape index (κ1) is 11.6. The Balaban J connectivity index is 1.66. The van der Waals surface area contributed by atoms with Gasteiger partial charge in [0.1, 0.15) is 8.96 Å². The molecule has 0 atom stereocenters. The summed E-state index contributed by atoms with van der Waals surface area (Å²) in [4.78, 5) is 0. The summed E-state index contributed by atoms with van der Waals surface area (Å²) in [6.45, 7) is 0. The maximum atomic E-state index is 3.13. The van der Waals surface area contributed by atoms with E-state index in [1.54, 1.807) is 10.8 Å². The normalized spacial score (nSPS) is 29.8. The smallest absolute Gasteiger partial charge is 0.132 e. The van der Waals surface area contributed by atoms with Gasteiger partial charge in [0.2, 0.25) is 0 Å². The number of hydrogen-bond donors (Lipinski definition) is 0. The molecule has 0 aromatic rings. The van der Waals surface area contributed by atoms with E-state index in [2.05, 4.69) is 16.3 Å². The van der Waals surface area contributed by atoms with Crippen LogP contribution in [0, 0.1) is 0 Å². The van der Waals surface area contributed by atoms with Crippen molar-refractivity contribution in [1.82, 2.24) is 4.57 Å². The second-order valence-electron chi connectivity index (χ2n) is 5.87. The first-order chi connectivity index (χ1) is 7.95. The van der Waals surface area contributed by atoms with Gasteiger partial charge in [0.05, 0.1) is 0 Å². The summed E-state index contributed by atoms with van der Waals surface area (Å²) in [5, 5.41) is 3.12. The molecule has 1 aliphatic heterocycles. The second-order valence-corrected chi connectivity index (χ2v) is 10.8. The summed E-state index contributed by atoms with van der Waals surface area (Å²) in [6, 6.07) is 2.05. The first-order valence-electron chi connectivity index (χ1n) is 7.30. The average molecular weight is 256 g/mol. The maximum Gasteiger partial charge on any atom is 0.132 e. The molecule has 0 bridgehead atoms. The third-order valence-corrected chi connectivity index (χ3v) is 11.4. The van der Waals surface area contributed by atoms with E-state index in [4.69, 9.17) is 0 Å². The highest BCUT2D eigenvalue weighted by molar-refractivity contribution is 8.05. The van der Waals surface area contributed by atoms with Crippen molar-refractivity contribution in [3.63, 3.8) is 0 Å². The van der Waals surface area contributed by atoms with Crippen LogP contribution in [0.2, 0.25) is 0 Å². The molecule has 3 fully saturated rings. The molecule has 1 heterocycles. The van der Waals surface area contributed by atoms with Gasteiger partial charge in [-0.15, -0.1) is 0 Å². The second kappa shape index (κ2) is 5.45. The molecule has 1 saturated heterocycles. The molecule has 3 rings (SSSR count). The Labute approximate surface area is 106 Å². The number of hydrogen-bond acceptors (Lipinski definition) is 2. The SMILES string of the molecule is C1CCC(N(C2CCCC2)[SiH]2CSC2)CC1. The van der Waals surface area contributed by atoms with Crippen LogP contribution in [0.25, 0.3) is 0 Å². The highest BCUT2D eigenvalue weighted by atomic mass is 32.2. The monoisotopic (exact) mass is 255 g/mol. The fourth-order valence-electron chi connectivity index (χ4n) is 3.87. The molecule has 0 unspecified atom stereocenters. The van der Waals surface area contributed by atoms with E-state index in [0.29, 0.717) is 0 Å². The van der Waals surface area contributed by atoms with Crippen LogP contribution in [0.4, 0.5) is 0 Å². The molecule has 3 heteroatoms. The molecule has 0 radical (unpaired) electrons. The van der Waals surface area contributed by atoms with E-state index in [-0.39, 0.29) is 0 Å². The third-order valence-electron chi connectivity index (χ3n) is 4.78. The van der Waals surface area contributed by atoms with Crippen molar-refractivity contribution >= 4 is 20.7 Å². The van der Waals surface area contributed by atoms with Crippen molar-refractivity contribution in [2.45, 2.75) is 69.9 Å². The predicted octanol–water partition coefficient (Wildman–Crippen LogP) is 3.11. The van der Waals surface area contributed by atoms with Crippen LogP contribution in [0.3, 0.4) is 0 Å². The lowest BCUT2D eigenvalue weighted by Gasteiger charge is -2.46. The summed E-state index contributed by atoms with van der Waals surface area (Å²) in [5.41, 5.74) is 0. The number of nitrogens with zero attached hydrogens (tertiary/aromatic N) is 1. The van der Waals surface area contributed by atoms with Crippen LogP contribution >= 0.6 is 11.8 Å². The lowest BCUT2D eigenvalue weighted by atomic mass is 9.94. The molecule has 0 aromatic heterocycles. The number of rotatable bonds is 3. The minimum atomic E-state index is -0.446. The van der Waals surface area contributed by atoms with Gasteiger partial charge in [-0.1, -0.05) is 32.1 Å². The van der Waals surface area contributed by atoms with Gasteiger partial charge in [0.15, 0.2) is 0 Å². The summed E-state index contributed by atoms with van der Waals surface area (Å²) in [7, 11) is -0.446.